The molecule has 2 aromatic heterocycles. The van der Waals surface area contributed by atoms with E-state index in [4.69, 9.17) is 4.42 Å². The average Bonchev–Trinajstić information content (AvgIpc) is 2.61. The number of rotatable bonds is 2. The SMILES string of the molecule is O=C(Nc1ccncc1)c1cc2c(ccc3ccccc32)oc1=O. The Hall–Kier alpha value is -3.47. The third-order valence-corrected chi connectivity index (χ3v) is 3.82. The molecule has 0 atom stereocenters. The van der Waals surface area contributed by atoms with Crippen LogP contribution >= 0.6 is 0 Å². The minimum absolute atomic E-state index is 0.0318. The third kappa shape index (κ3) is 2.42. The van der Waals surface area contributed by atoms with Crippen LogP contribution in [0.3, 0.4) is 0 Å². The van der Waals surface area contributed by atoms with E-state index in [1.165, 1.54) is 0 Å². The smallest absolute Gasteiger partial charge is 0.349 e. The van der Waals surface area contributed by atoms with Crippen LogP contribution in [0, 0.1) is 0 Å². The summed E-state index contributed by atoms with van der Waals surface area (Å²) in [6.07, 6.45) is 3.12. The summed E-state index contributed by atoms with van der Waals surface area (Å²) in [5.74, 6) is -0.509. The molecule has 24 heavy (non-hydrogen) atoms. The quantitative estimate of drug-likeness (QED) is 0.453. The normalized spacial score (nSPS) is 10.8. The zero-order valence-electron chi connectivity index (χ0n) is 12.5. The number of benzene rings is 2. The van der Waals surface area contributed by atoms with Gasteiger partial charge in [-0.05, 0) is 35.0 Å². The van der Waals surface area contributed by atoms with Gasteiger partial charge in [0.25, 0.3) is 5.91 Å². The Morgan fingerprint density at radius 1 is 0.958 bits per heavy atom. The number of pyridine rings is 1. The van der Waals surface area contributed by atoms with E-state index in [1.807, 2.05) is 30.3 Å². The van der Waals surface area contributed by atoms with Crippen molar-refractivity contribution in [1.29, 1.82) is 0 Å². The van der Waals surface area contributed by atoms with E-state index < -0.39 is 11.5 Å². The highest BCUT2D eigenvalue weighted by Crippen LogP contribution is 2.25. The molecule has 0 radical (unpaired) electrons. The zero-order valence-corrected chi connectivity index (χ0v) is 12.5. The summed E-state index contributed by atoms with van der Waals surface area (Å²) in [6.45, 7) is 0. The van der Waals surface area contributed by atoms with Gasteiger partial charge in [-0.15, -0.1) is 0 Å². The maximum absolute atomic E-state index is 12.4. The molecule has 4 aromatic rings. The van der Waals surface area contributed by atoms with Crippen LogP contribution in [0.5, 0.6) is 0 Å². The number of nitrogens with one attached hydrogen (secondary N) is 1. The second-order valence-corrected chi connectivity index (χ2v) is 5.34. The maximum Gasteiger partial charge on any atom is 0.349 e. The van der Waals surface area contributed by atoms with Crippen LogP contribution in [-0.2, 0) is 0 Å². The van der Waals surface area contributed by atoms with Gasteiger partial charge in [0, 0.05) is 23.5 Å². The molecule has 5 nitrogen and oxygen atoms in total. The summed E-state index contributed by atoms with van der Waals surface area (Å²) >= 11 is 0. The summed E-state index contributed by atoms with van der Waals surface area (Å²) in [5.41, 5.74) is 0.326. The Labute approximate surface area is 136 Å². The second-order valence-electron chi connectivity index (χ2n) is 5.34. The maximum atomic E-state index is 12.4. The van der Waals surface area contributed by atoms with Gasteiger partial charge in [-0.3, -0.25) is 9.78 Å². The highest BCUT2D eigenvalue weighted by atomic mass is 16.4. The molecule has 4 rings (SSSR count). The molecule has 2 heterocycles. The van der Waals surface area contributed by atoms with Gasteiger partial charge in [0.15, 0.2) is 0 Å². The van der Waals surface area contributed by atoms with E-state index in [0.29, 0.717) is 11.3 Å². The fourth-order valence-corrected chi connectivity index (χ4v) is 2.66. The molecule has 0 bridgehead atoms. The summed E-state index contributed by atoms with van der Waals surface area (Å²) in [7, 11) is 0. The number of nitrogens with zero attached hydrogens (tertiary/aromatic N) is 1. The summed E-state index contributed by atoms with van der Waals surface area (Å²) in [6, 6.07) is 16.2. The second kappa shape index (κ2) is 5.62. The number of carbonyl (C=O) groups excluding carboxylic acids is 1. The predicted octanol–water partition coefficient (Wildman–Crippen LogP) is 3.59. The van der Waals surface area contributed by atoms with Crippen molar-refractivity contribution < 1.29 is 9.21 Å². The van der Waals surface area contributed by atoms with Crippen LogP contribution in [0.4, 0.5) is 5.69 Å². The van der Waals surface area contributed by atoms with E-state index in [-0.39, 0.29) is 5.56 Å². The molecule has 0 saturated carbocycles. The highest BCUT2D eigenvalue weighted by Gasteiger charge is 2.15. The lowest BCUT2D eigenvalue weighted by molar-refractivity contribution is 0.102. The molecule has 0 aliphatic carbocycles. The summed E-state index contributed by atoms with van der Waals surface area (Å²) in [5, 5.41) is 5.34. The Kier molecular flexibility index (Phi) is 3.31. The minimum atomic E-state index is -0.663. The van der Waals surface area contributed by atoms with Crippen LogP contribution in [-0.4, -0.2) is 10.9 Å². The molecule has 0 fully saturated rings. The van der Waals surface area contributed by atoms with Crippen LogP contribution in [0.25, 0.3) is 21.7 Å². The van der Waals surface area contributed by atoms with E-state index >= 15 is 0 Å². The lowest BCUT2D eigenvalue weighted by atomic mass is 10.0. The molecule has 0 aliphatic rings. The highest BCUT2D eigenvalue weighted by molar-refractivity contribution is 6.10. The van der Waals surface area contributed by atoms with Crippen LogP contribution in [0.15, 0.2) is 76.2 Å². The van der Waals surface area contributed by atoms with Gasteiger partial charge in [-0.1, -0.05) is 30.3 Å². The van der Waals surface area contributed by atoms with Gasteiger partial charge in [-0.25, -0.2) is 4.79 Å². The van der Waals surface area contributed by atoms with Crippen molar-refractivity contribution in [3.63, 3.8) is 0 Å². The topological polar surface area (TPSA) is 72.2 Å². The fraction of sp³-hybridized carbons (Fsp3) is 0. The van der Waals surface area contributed by atoms with E-state index in [1.54, 1.807) is 36.7 Å². The summed E-state index contributed by atoms with van der Waals surface area (Å²) in [4.78, 5) is 28.5. The number of hydrogen-bond acceptors (Lipinski definition) is 4. The molecule has 116 valence electrons. The van der Waals surface area contributed by atoms with Crippen LogP contribution in [0.2, 0.25) is 0 Å². The van der Waals surface area contributed by atoms with Crippen LogP contribution in [0.1, 0.15) is 10.4 Å². The van der Waals surface area contributed by atoms with E-state index in [2.05, 4.69) is 10.3 Å². The number of amides is 1. The number of anilines is 1. The molecule has 1 amide bonds. The van der Waals surface area contributed by atoms with Gasteiger partial charge < -0.3 is 9.73 Å². The Morgan fingerprint density at radius 2 is 1.75 bits per heavy atom. The van der Waals surface area contributed by atoms with Crippen molar-refractivity contribution in [1.82, 2.24) is 4.98 Å². The van der Waals surface area contributed by atoms with Crippen molar-refractivity contribution in [2.45, 2.75) is 0 Å². The molecule has 0 aliphatic heterocycles. The van der Waals surface area contributed by atoms with Crippen molar-refractivity contribution in [3.8, 4) is 0 Å². The lowest BCUT2D eigenvalue weighted by Crippen LogP contribution is -2.20. The summed E-state index contributed by atoms with van der Waals surface area (Å²) < 4.78 is 5.33. The molecular weight excluding hydrogens is 304 g/mol. The molecule has 0 saturated heterocycles. The van der Waals surface area contributed by atoms with Gasteiger partial charge in [0.2, 0.25) is 0 Å². The van der Waals surface area contributed by atoms with Gasteiger partial charge >= 0.3 is 5.63 Å². The number of fused-ring (bicyclic) bond motifs is 3. The molecule has 1 N–H and O–H groups in total. The van der Waals surface area contributed by atoms with Crippen molar-refractivity contribution >= 4 is 33.3 Å². The third-order valence-electron chi connectivity index (χ3n) is 3.82. The van der Waals surface area contributed by atoms with Crippen LogP contribution < -0.4 is 10.9 Å². The lowest BCUT2D eigenvalue weighted by Gasteiger charge is -2.06. The predicted molar refractivity (Wildman–Crippen MR) is 92.2 cm³/mol. The number of aromatic nitrogens is 1. The minimum Gasteiger partial charge on any atom is -0.422 e. The average molecular weight is 316 g/mol. The molecular formula is C19H12N2O3. The zero-order chi connectivity index (χ0) is 16.5. The Bertz CT molecular complexity index is 1120. The van der Waals surface area contributed by atoms with E-state index in [9.17, 15) is 9.59 Å². The van der Waals surface area contributed by atoms with Crippen molar-refractivity contribution in [2.24, 2.45) is 0 Å². The first kappa shape index (κ1) is 14.1. The molecule has 0 spiro atoms. The van der Waals surface area contributed by atoms with Crippen molar-refractivity contribution in [2.75, 3.05) is 5.32 Å². The van der Waals surface area contributed by atoms with E-state index in [0.717, 1.165) is 16.2 Å². The Morgan fingerprint density at radius 3 is 2.58 bits per heavy atom. The standard InChI is InChI=1S/C19H12N2O3/c22-18(21-13-7-9-20-10-8-13)16-11-15-14-4-2-1-3-12(14)5-6-17(15)24-19(16)23/h1-11H,(H,20,21,22). The van der Waals surface area contributed by atoms with Gasteiger partial charge in [0.1, 0.15) is 11.1 Å². The number of hydrogen-bond donors (Lipinski definition) is 1. The molecule has 5 heteroatoms. The first-order chi connectivity index (χ1) is 11.7. The monoisotopic (exact) mass is 316 g/mol. The van der Waals surface area contributed by atoms with Gasteiger partial charge in [0.05, 0.1) is 0 Å². The largest absolute Gasteiger partial charge is 0.422 e. The molecule has 0 unspecified atom stereocenters. The first-order valence-corrected chi connectivity index (χ1v) is 7.39. The number of carbonyl (C=O) groups is 1. The first-order valence-electron chi connectivity index (χ1n) is 7.39. The molecule has 2 aromatic carbocycles. The van der Waals surface area contributed by atoms with Crippen molar-refractivity contribution in [3.05, 3.63) is 83.0 Å². The Balaban J connectivity index is 1.86. The fourth-order valence-electron chi connectivity index (χ4n) is 2.66. The van der Waals surface area contributed by atoms with Gasteiger partial charge in [-0.2, -0.15) is 0 Å².